The molecule has 4 nitrogen and oxygen atoms in total. The number of carbonyl (C=O) groups is 1. The van der Waals surface area contributed by atoms with E-state index < -0.39 is 0 Å². The van der Waals surface area contributed by atoms with Crippen molar-refractivity contribution in [3.05, 3.63) is 22.6 Å². The Kier molecular flexibility index (Phi) is 5.87. The summed E-state index contributed by atoms with van der Waals surface area (Å²) in [5.74, 6) is 0.0386. The third-order valence-electron chi connectivity index (χ3n) is 1.89. The van der Waals surface area contributed by atoms with Gasteiger partial charge in [0.25, 0.3) is 5.91 Å². The minimum absolute atomic E-state index is 0.0892. The molecule has 0 saturated heterocycles. The molecule has 0 aliphatic carbocycles. The van der Waals surface area contributed by atoms with Gasteiger partial charge >= 0.3 is 0 Å². The van der Waals surface area contributed by atoms with Gasteiger partial charge in [-0.05, 0) is 34.5 Å². The summed E-state index contributed by atoms with van der Waals surface area (Å²) < 4.78 is 10.5. The van der Waals surface area contributed by atoms with Crippen molar-refractivity contribution in [2.24, 2.45) is 0 Å². The highest BCUT2D eigenvalue weighted by atomic mass is 79.9. The number of nitrogens with one attached hydrogen (secondary N) is 1. The van der Waals surface area contributed by atoms with Gasteiger partial charge in [0.1, 0.15) is 0 Å². The highest BCUT2D eigenvalue weighted by Gasteiger charge is 2.10. The van der Waals surface area contributed by atoms with Crippen LogP contribution in [0.2, 0.25) is 0 Å². The lowest BCUT2D eigenvalue weighted by molar-refractivity contribution is 0.0923. The first-order chi connectivity index (χ1) is 7.63. The van der Waals surface area contributed by atoms with E-state index >= 15 is 0 Å². The summed E-state index contributed by atoms with van der Waals surface area (Å²) in [5, 5.41) is 2.62. The van der Waals surface area contributed by atoms with Crippen LogP contribution in [-0.2, 0) is 4.74 Å². The maximum atomic E-state index is 11.5. The Labute approximate surface area is 107 Å². The lowest BCUT2D eigenvalue weighted by Crippen LogP contribution is -2.26. The molecule has 1 heterocycles. The first kappa shape index (κ1) is 13.5. The number of halogens is 2. The number of hydrogen-bond acceptors (Lipinski definition) is 3. The standard InChI is InChI=1S/C10H13BrClNO3/c1-15-6-7(12)4-5-13-10(14)8-2-3-9(11)16-8/h2-3,7H,4-6H2,1H3,(H,13,14). The summed E-state index contributed by atoms with van der Waals surface area (Å²) in [5.41, 5.74) is 0. The lowest BCUT2D eigenvalue weighted by atomic mass is 10.3. The second-order valence-corrected chi connectivity index (χ2v) is 4.60. The summed E-state index contributed by atoms with van der Waals surface area (Å²) in [4.78, 5) is 11.5. The zero-order valence-electron chi connectivity index (χ0n) is 8.83. The summed E-state index contributed by atoms with van der Waals surface area (Å²) in [6.07, 6.45) is 0.656. The fraction of sp³-hybridized carbons (Fsp3) is 0.500. The summed E-state index contributed by atoms with van der Waals surface area (Å²) in [7, 11) is 1.59. The molecule has 1 atom stereocenters. The van der Waals surface area contributed by atoms with Crippen LogP contribution in [-0.4, -0.2) is 31.5 Å². The molecule has 16 heavy (non-hydrogen) atoms. The third-order valence-corrected chi connectivity index (χ3v) is 2.66. The number of ether oxygens (including phenoxy) is 1. The molecule has 0 aliphatic heterocycles. The van der Waals surface area contributed by atoms with Crippen molar-refractivity contribution in [3.8, 4) is 0 Å². The van der Waals surface area contributed by atoms with Gasteiger partial charge in [-0.15, -0.1) is 11.6 Å². The first-order valence-electron chi connectivity index (χ1n) is 4.80. The van der Waals surface area contributed by atoms with Crippen molar-refractivity contribution in [2.45, 2.75) is 11.8 Å². The molecule has 0 aromatic carbocycles. The number of amides is 1. The zero-order chi connectivity index (χ0) is 12.0. The molecule has 1 unspecified atom stereocenters. The highest BCUT2D eigenvalue weighted by molar-refractivity contribution is 9.10. The van der Waals surface area contributed by atoms with Crippen LogP contribution in [0.1, 0.15) is 17.0 Å². The van der Waals surface area contributed by atoms with Crippen molar-refractivity contribution in [3.63, 3.8) is 0 Å². The first-order valence-corrected chi connectivity index (χ1v) is 6.03. The van der Waals surface area contributed by atoms with E-state index in [-0.39, 0.29) is 17.0 Å². The molecule has 1 N–H and O–H groups in total. The second-order valence-electron chi connectivity index (χ2n) is 3.20. The van der Waals surface area contributed by atoms with E-state index in [0.717, 1.165) is 0 Å². The van der Waals surface area contributed by atoms with E-state index in [1.807, 2.05) is 0 Å². The molecule has 1 amide bonds. The van der Waals surface area contributed by atoms with Crippen LogP contribution in [0.15, 0.2) is 21.2 Å². The Morgan fingerprint density at radius 1 is 1.69 bits per heavy atom. The maximum absolute atomic E-state index is 11.5. The Bertz CT molecular complexity index is 343. The second kappa shape index (κ2) is 6.93. The average Bonchev–Trinajstić information content (AvgIpc) is 2.65. The lowest BCUT2D eigenvalue weighted by Gasteiger charge is -2.08. The van der Waals surface area contributed by atoms with Crippen LogP contribution in [0.4, 0.5) is 0 Å². The van der Waals surface area contributed by atoms with E-state index in [4.69, 9.17) is 20.8 Å². The van der Waals surface area contributed by atoms with Gasteiger partial charge in [-0.2, -0.15) is 0 Å². The van der Waals surface area contributed by atoms with E-state index in [1.54, 1.807) is 19.2 Å². The topological polar surface area (TPSA) is 51.5 Å². The van der Waals surface area contributed by atoms with Gasteiger partial charge in [-0.3, -0.25) is 4.79 Å². The highest BCUT2D eigenvalue weighted by Crippen LogP contribution is 2.13. The number of rotatable bonds is 6. The van der Waals surface area contributed by atoms with Crippen LogP contribution in [0.25, 0.3) is 0 Å². The number of furan rings is 1. The van der Waals surface area contributed by atoms with Crippen LogP contribution in [0.3, 0.4) is 0 Å². The van der Waals surface area contributed by atoms with Gasteiger partial charge in [0.15, 0.2) is 10.4 Å². The molecule has 0 fully saturated rings. The molecule has 0 saturated carbocycles. The van der Waals surface area contributed by atoms with Gasteiger partial charge in [-0.25, -0.2) is 0 Å². The van der Waals surface area contributed by atoms with Crippen LogP contribution in [0.5, 0.6) is 0 Å². The number of methoxy groups -OCH3 is 1. The molecule has 1 aromatic rings. The maximum Gasteiger partial charge on any atom is 0.287 e. The van der Waals surface area contributed by atoms with Crippen molar-refractivity contribution in [2.75, 3.05) is 20.3 Å². The van der Waals surface area contributed by atoms with Crippen molar-refractivity contribution in [1.82, 2.24) is 5.32 Å². The van der Waals surface area contributed by atoms with E-state index in [1.165, 1.54) is 0 Å². The van der Waals surface area contributed by atoms with Crippen molar-refractivity contribution >= 4 is 33.4 Å². The predicted molar refractivity (Wildman–Crippen MR) is 64.9 cm³/mol. The number of alkyl halides is 1. The molecule has 1 aromatic heterocycles. The van der Waals surface area contributed by atoms with Crippen molar-refractivity contribution in [1.29, 1.82) is 0 Å². The molecule has 0 bridgehead atoms. The quantitative estimate of drug-likeness (QED) is 0.821. The largest absolute Gasteiger partial charge is 0.444 e. The van der Waals surface area contributed by atoms with Gasteiger partial charge in [0.05, 0.1) is 12.0 Å². The summed E-state index contributed by atoms with van der Waals surface area (Å²) in [6.45, 7) is 0.971. The SMILES string of the molecule is COCC(Cl)CCNC(=O)c1ccc(Br)o1. The van der Waals surface area contributed by atoms with Crippen LogP contribution < -0.4 is 5.32 Å². The minimum atomic E-state index is -0.244. The molecule has 0 radical (unpaired) electrons. The summed E-state index contributed by atoms with van der Waals surface area (Å²) in [6, 6.07) is 3.27. The molecule has 0 aliphatic rings. The van der Waals surface area contributed by atoms with Gasteiger partial charge in [0, 0.05) is 13.7 Å². The van der Waals surface area contributed by atoms with E-state index in [2.05, 4.69) is 21.2 Å². The molecule has 6 heteroatoms. The zero-order valence-corrected chi connectivity index (χ0v) is 11.2. The predicted octanol–water partition coefficient (Wildman–Crippen LogP) is 2.42. The normalized spacial score (nSPS) is 12.4. The molecule has 0 spiro atoms. The summed E-state index contributed by atoms with van der Waals surface area (Å²) >= 11 is 9.04. The Morgan fingerprint density at radius 3 is 3.00 bits per heavy atom. The third kappa shape index (κ3) is 4.55. The van der Waals surface area contributed by atoms with Gasteiger partial charge in [0.2, 0.25) is 0 Å². The van der Waals surface area contributed by atoms with Gasteiger partial charge in [-0.1, -0.05) is 0 Å². The Morgan fingerprint density at radius 2 is 2.44 bits per heavy atom. The Balaban J connectivity index is 2.25. The van der Waals surface area contributed by atoms with Crippen molar-refractivity contribution < 1.29 is 13.9 Å². The number of carbonyl (C=O) groups excluding carboxylic acids is 1. The minimum Gasteiger partial charge on any atom is -0.444 e. The van der Waals surface area contributed by atoms with Gasteiger partial charge < -0.3 is 14.5 Å². The average molecular weight is 311 g/mol. The fourth-order valence-corrected chi connectivity index (χ4v) is 1.67. The van der Waals surface area contributed by atoms with Crippen LogP contribution in [0, 0.1) is 0 Å². The molecule has 90 valence electrons. The Hall–Kier alpha value is -0.520. The molecule has 1 rings (SSSR count). The molecular formula is C10H13BrClNO3. The van der Waals surface area contributed by atoms with E-state index in [9.17, 15) is 4.79 Å². The van der Waals surface area contributed by atoms with E-state index in [0.29, 0.717) is 24.2 Å². The molecular weight excluding hydrogens is 297 g/mol. The number of hydrogen-bond donors (Lipinski definition) is 1. The smallest absolute Gasteiger partial charge is 0.287 e. The monoisotopic (exact) mass is 309 g/mol. The van der Waals surface area contributed by atoms with Crippen LogP contribution >= 0.6 is 27.5 Å². The fourth-order valence-electron chi connectivity index (χ4n) is 1.13.